The summed E-state index contributed by atoms with van der Waals surface area (Å²) in [7, 11) is 0. The van der Waals surface area contributed by atoms with Crippen molar-refractivity contribution in [3.05, 3.63) is 64.4 Å². The summed E-state index contributed by atoms with van der Waals surface area (Å²) in [6.07, 6.45) is 1.32. The number of carbonyl (C=O) groups is 1. The first-order chi connectivity index (χ1) is 13.5. The maximum Gasteiger partial charge on any atom is 0.279 e. The largest absolute Gasteiger partial charge is 0.368 e. The van der Waals surface area contributed by atoms with Crippen LogP contribution >= 0.6 is 23.2 Å². The van der Waals surface area contributed by atoms with Crippen LogP contribution in [0.15, 0.2) is 54.4 Å². The first-order valence-corrected chi connectivity index (χ1v) is 9.23. The fourth-order valence-electron chi connectivity index (χ4n) is 2.79. The molecule has 0 aliphatic carbocycles. The van der Waals surface area contributed by atoms with E-state index in [9.17, 15) is 10.0 Å². The molecule has 1 aliphatic rings. The van der Waals surface area contributed by atoms with Crippen molar-refractivity contribution in [3.8, 4) is 11.4 Å². The van der Waals surface area contributed by atoms with Crippen molar-refractivity contribution in [2.24, 2.45) is 0 Å². The van der Waals surface area contributed by atoms with Crippen molar-refractivity contribution >= 4 is 45.8 Å². The molecular formula is C19H15Cl2N5O2. The Morgan fingerprint density at radius 3 is 2.57 bits per heavy atom. The molecule has 9 heteroatoms. The number of hydrogen-bond donors (Lipinski definition) is 3. The van der Waals surface area contributed by atoms with Crippen LogP contribution in [0.2, 0.25) is 10.0 Å². The highest BCUT2D eigenvalue weighted by atomic mass is 35.5. The van der Waals surface area contributed by atoms with E-state index in [1.165, 1.54) is 6.08 Å². The number of nitrogens with zero attached hydrogens (tertiary/aromatic N) is 3. The van der Waals surface area contributed by atoms with Crippen LogP contribution in [-0.4, -0.2) is 39.2 Å². The lowest BCUT2D eigenvalue weighted by atomic mass is 10.2. The van der Waals surface area contributed by atoms with Crippen LogP contribution in [0, 0.1) is 0 Å². The van der Waals surface area contributed by atoms with Gasteiger partial charge in [0.2, 0.25) is 0 Å². The summed E-state index contributed by atoms with van der Waals surface area (Å²) in [6, 6.07) is 12.8. The number of aromatic nitrogens is 2. The minimum Gasteiger partial charge on any atom is -0.368 e. The average molecular weight is 416 g/mol. The molecule has 1 aromatic heterocycles. The number of carbonyl (C=O) groups excluding carboxylic acids is 1. The van der Waals surface area contributed by atoms with Gasteiger partial charge in [-0.1, -0.05) is 35.3 Å². The van der Waals surface area contributed by atoms with Gasteiger partial charge in [0.05, 0.1) is 10.5 Å². The summed E-state index contributed by atoms with van der Waals surface area (Å²) in [4.78, 5) is 20.2. The second-order valence-corrected chi connectivity index (χ2v) is 6.91. The second-order valence-electron chi connectivity index (χ2n) is 6.07. The zero-order valence-corrected chi connectivity index (χ0v) is 16.0. The lowest BCUT2D eigenvalue weighted by Crippen LogP contribution is -2.42. The van der Waals surface area contributed by atoms with Gasteiger partial charge in [-0.2, -0.15) is 5.06 Å². The molecule has 0 saturated heterocycles. The van der Waals surface area contributed by atoms with Gasteiger partial charge < -0.3 is 10.6 Å². The predicted octanol–water partition coefficient (Wildman–Crippen LogP) is 3.68. The van der Waals surface area contributed by atoms with Crippen molar-refractivity contribution in [2.45, 2.75) is 0 Å². The molecule has 7 nitrogen and oxygen atoms in total. The van der Waals surface area contributed by atoms with Crippen LogP contribution in [0.4, 0.5) is 5.82 Å². The topological polar surface area (TPSA) is 90.4 Å². The Morgan fingerprint density at radius 2 is 1.82 bits per heavy atom. The number of benzene rings is 2. The number of hydroxylamine groups is 2. The van der Waals surface area contributed by atoms with Gasteiger partial charge >= 0.3 is 0 Å². The highest BCUT2D eigenvalue weighted by Gasteiger charge is 2.24. The summed E-state index contributed by atoms with van der Waals surface area (Å²) < 4.78 is 0. The van der Waals surface area contributed by atoms with Gasteiger partial charge in [-0.3, -0.25) is 10.0 Å². The number of para-hydroxylation sites is 1. The Kier molecular flexibility index (Phi) is 5.04. The molecule has 0 radical (unpaired) electrons. The Balaban J connectivity index is 1.58. The maximum absolute atomic E-state index is 11.0. The monoisotopic (exact) mass is 415 g/mol. The van der Waals surface area contributed by atoms with Crippen LogP contribution in [0.25, 0.3) is 22.3 Å². The van der Waals surface area contributed by atoms with Crippen molar-refractivity contribution in [3.63, 3.8) is 0 Å². The average Bonchev–Trinajstić information content (AvgIpc) is 2.69. The van der Waals surface area contributed by atoms with E-state index in [4.69, 9.17) is 23.2 Å². The number of halogens is 2. The minimum atomic E-state index is -0.443. The Labute approximate surface area is 170 Å². The summed E-state index contributed by atoms with van der Waals surface area (Å²) in [5.41, 5.74) is 1.47. The third kappa shape index (κ3) is 3.60. The zero-order valence-electron chi connectivity index (χ0n) is 14.5. The number of amides is 1. The highest BCUT2D eigenvalue weighted by molar-refractivity contribution is 6.36. The Hall–Kier alpha value is -2.87. The molecule has 0 atom stereocenters. The Bertz CT molecular complexity index is 1100. The minimum absolute atomic E-state index is 0.369. The van der Waals surface area contributed by atoms with Crippen molar-refractivity contribution in [1.29, 1.82) is 0 Å². The van der Waals surface area contributed by atoms with E-state index in [2.05, 4.69) is 20.6 Å². The SMILES string of the molecule is O=C1C=C(NCCNc2nc(-c3ccc(Cl)cc3Cl)nc3ccccc23)N1O. The fourth-order valence-corrected chi connectivity index (χ4v) is 3.28. The first-order valence-electron chi connectivity index (χ1n) is 8.47. The molecule has 2 aromatic carbocycles. The van der Waals surface area contributed by atoms with Gasteiger partial charge in [0.15, 0.2) is 5.82 Å². The van der Waals surface area contributed by atoms with E-state index in [0.717, 1.165) is 10.9 Å². The van der Waals surface area contributed by atoms with Crippen molar-refractivity contribution < 1.29 is 10.0 Å². The van der Waals surface area contributed by atoms with Crippen molar-refractivity contribution in [2.75, 3.05) is 18.4 Å². The van der Waals surface area contributed by atoms with Crippen LogP contribution in [0.5, 0.6) is 0 Å². The predicted molar refractivity (Wildman–Crippen MR) is 108 cm³/mol. The van der Waals surface area contributed by atoms with E-state index in [0.29, 0.717) is 51.2 Å². The number of rotatable bonds is 6. The van der Waals surface area contributed by atoms with Crippen LogP contribution < -0.4 is 10.6 Å². The van der Waals surface area contributed by atoms with E-state index in [1.54, 1.807) is 18.2 Å². The van der Waals surface area contributed by atoms with Gasteiger partial charge in [0.1, 0.15) is 11.6 Å². The lowest BCUT2D eigenvalue weighted by Gasteiger charge is -2.25. The summed E-state index contributed by atoms with van der Waals surface area (Å²) >= 11 is 12.3. The number of nitrogens with one attached hydrogen (secondary N) is 2. The molecule has 1 amide bonds. The third-order valence-electron chi connectivity index (χ3n) is 4.20. The third-order valence-corrected chi connectivity index (χ3v) is 4.74. The van der Waals surface area contributed by atoms with Crippen LogP contribution in [0.3, 0.4) is 0 Å². The van der Waals surface area contributed by atoms with Gasteiger partial charge in [-0.05, 0) is 30.3 Å². The number of anilines is 1. The fraction of sp³-hybridized carbons (Fsp3) is 0.105. The number of hydrogen-bond acceptors (Lipinski definition) is 6. The molecule has 2 heterocycles. The van der Waals surface area contributed by atoms with Crippen molar-refractivity contribution in [1.82, 2.24) is 20.3 Å². The zero-order chi connectivity index (χ0) is 19.7. The maximum atomic E-state index is 11.0. The van der Waals surface area contributed by atoms with Crippen LogP contribution in [-0.2, 0) is 4.79 Å². The van der Waals surface area contributed by atoms with E-state index in [-0.39, 0.29) is 0 Å². The molecule has 3 N–H and O–H groups in total. The van der Waals surface area contributed by atoms with Crippen LogP contribution in [0.1, 0.15) is 0 Å². The number of fused-ring (bicyclic) bond motifs is 1. The second kappa shape index (κ2) is 7.63. The van der Waals surface area contributed by atoms with E-state index < -0.39 is 5.91 Å². The molecule has 0 bridgehead atoms. The van der Waals surface area contributed by atoms with Gasteiger partial charge in [-0.25, -0.2) is 9.97 Å². The molecule has 4 rings (SSSR count). The summed E-state index contributed by atoms with van der Waals surface area (Å²) in [5, 5.41) is 18.0. The molecular weight excluding hydrogens is 401 g/mol. The molecule has 28 heavy (non-hydrogen) atoms. The Morgan fingerprint density at radius 1 is 1.04 bits per heavy atom. The standard InChI is InChI=1S/C19H15Cl2N5O2/c20-11-5-6-12(14(21)9-11)19-24-15-4-2-1-3-13(15)18(25-19)23-8-7-22-16-10-17(27)26(16)28/h1-6,9-10,22,28H,7-8H2,(H,23,24,25). The molecule has 0 fully saturated rings. The van der Waals surface area contributed by atoms with E-state index >= 15 is 0 Å². The van der Waals surface area contributed by atoms with Gasteiger partial charge in [-0.15, -0.1) is 0 Å². The summed E-state index contributed by atoms with van der Waals surface area (Å²) in [6.45, 7) is 0.986. The lowest BCUT2D eigenvalue weighted by molar-refractivity contribution is -0.159. The highest BCUT2D eigenvalue weighted by Crippen LogP contribution is 2.31. The normalized spacial score (nSPS) is 13.3. The molecule has 142 valence electrons. The summed E-state index contributed by atoms with van der Waals surface area (Å²) in [5.74, 6) is 1.08. The smallest absolute Gasteiger partial charge is 0.279 e. The molecule has 0 saturated carbocycles. The quantitative estimate of drug-likeness (QED) is 0.420. The molecule has 3 aromatic rings. The first kappa shape index (κ1) is 18.5. The molecule has 0 spiro atoms. The van der Waals surface area contributed by atoms with Gasteiger partial charge in [0, 0.05) is 35.1 Å². The van der Waals surface area contributed by atoms with E-state index in [1.807, 2.05) is 24.3 Å². The molecule has 0 unspecified atom stereocenters. The molecule has 1 aliphatic heterocycles. The van der Waals surface area contributed by atoms with Gasteiger partial charge in [0.25, 0.3) is 5.91 Å².